The standard InChI is InChI=1S/C20H21ClN4O3/c1-2-11-24-16-8-3-4-9-17(16)25(20(24)28)12-10-18(26)22-23-19(27)14-6-5-7-15(21)13-14/h3-9,13H,2,10-12H2,1H3,(H,22,26)(H,23,27). The molecule has 0 fully saturated rings. The van der Waals surface area contributed by atoms with Crippen molar-refractivity contribution >= 4 is 34.4 Å². The first kappa shape index (κ1) is 19.7. The Kier molecular flexibility index (Phi) is 6.16. The van der Waals surface area contributed by atoms with Crippen LogP contribution in [-0.4, -0.2) is 20.9 Å². The van der Waals surface area contributed by atoms with Crippen LogP contribution in [0, 0.1) is 0 Å². The molecule has 0 aliphatic heterocycles. The number of hydrogen-bond acceptors (Lipinski definition) is 3. The molecule has 3 rings (SSSR count). The van der Waals surface area contributed by atoms with Crippen molar-refractivity contribution in [3.05, 3.63) is 69.6 Å². The van der Waals surface area contributed by atoms with E-state index in [0.29, 0.717) is 17.1 Å². The molecule has 1 heterocycles. The highest BCUT2D eigenvalue weighted by Gasteiger charge is 2.14. The number of fused-ring (bicyclic) bond motifs is 1. The molecule has 0 spiro atoms. The molecule has 2 amide bonds. The number of rotatable bonds is 6. The zero-order valence-electron chi connectivity index (χ0n) is 15.4. The molecule has 28 heavy (non-hydrogen) atoms. The molecule has 0 radical (unpaired) electrons. The summed E-state index contributed by atoms with van der Waals surface area (Å²) < 4.78 is 3.30. The second-order valence-electron chi connectivity index (χ2n) is 6.34. The van der Waals surface area contributed by atoms with Gasteiger partial charge in [0.2, 0.25) is 5.91 Å². The maximum Gasteiger partial charge on any atom is 0.329 e. The summed E-state index contributed by atoms with van der Waals surface area (Å²) in [6, 6.07) is 13.9. The SMILES string of the molecule is CCCn1c(=O)n(CCC(=O)NNC(=O)c2cccc(Cl)c2)c2ccccc21. The van der Waals surface area contributed by atoms with E-state index < -0.39 is 11.8 Å². The van der Waals surface area contributed by atoms with Crippen LogP contribution in [-0.2, 0) is 17.9 Å². The van der Waals surface area contributed by atoms with Crippen LogP contribution in [0.15, 0.2) is 53.3 Å². The predicted molar refractivity (Wildman–Crippen MR) is 108 cm³/mol. The first-order valence-electron chi connectivity index (χ1n) is 9.04. The van der Waals surface area contributed by atoms with Gasteiger partial charge in [-0.15, -0.1) is 0 Å². The summed E-state index contributed by atoms with van der Waals surface area (Å²) in [4.78, 5) is 36.8. The minimum atomic E-state index is -0.465. The molecule has 2 aromatic carbocycles. The van der Waals surface area contributed by atoms with Crippen molar-refractivity contribution in [1.82, 2.24) is 20.0 Å². The van der Waals surface area contributed by atoms with E-state index in [1.807, 2.05) is 31.2 Å². The van der Waals surface area contributed by atoms with Crippen LogP contribution < -0.4 is 16.5 Å². The first-order valence-corrected chi connectivity index (χ1v) is 9.42. The number of halogens is 1. The van der Waals surface area contributed by atoms with Gasteiger partial charge in [0, 0.05) is 30.1 Å². The fourth-order valence-electron chi connectivity index (χ4n) is 3.03. The molecule has 0 saturated carbocycles. The van der Waals surface area contributed by atoms with Crippen molar-refractivity contribution < 1.29 is 9.59 Å². The maximum atomic E-state index is 12.7. The average molecular weight is 401 g/mol. The van der Waals surface area contributed by atoms with E-state index in [-0.39, 0.29) is 18.7 Å². The van der Waals surface area contributed by atoms with E-state index >= 15 is 0 Å². The van der Waals surface area contributed by atoms with Gasteiger partial charge in [-0.1, -0.05) is 36.7 Å². The number of aromatic nitrogens is 2. The van der Waals surface area contributed by atoms with Gasteiger partial charge in [-0.2, -0.15) is 0 Å². The number of nitrogens with one attached hydrogen (secondary N) is 2. The molecule has 3 aromatic rings. The van der Waals surface area contributed by atoms with Gasteiger partial charge in [-0.25, -0.2) is 4.79 Å². The fourth-order valence-corrected chi connectivity index (χ4v) is 3.22. The lowest BCUT2D eigenvalue weighted by Crippen LogP contribution is -2.42. The summed E-state index contributed by atoms with van der Waals surface area (Å²) in [5.74, 6) is -0.859. The van der Waals surface area contributed by atoms with Crippen LogP contribution in [0.5, 0.6) is 0 Å². The summed E-state index contributed by atoms with van der Waals surface area (Å²) in [5, 5.41) is 0.432. The van der Waals surface area contributed by atoms with Crippen molar-refractivity contribution in [3.63, 3.8) is 0 Å². The highest BCUT2D eigenvalue weighted by Crippen LogP contribution is 2.13. The Morgan fingerprint density at radius 2 is 1.64 bits per heavy atom. The number of benzene rings is 2. The number of amides is 2. The van der Waals surface area contributed by atoms with Crippen molar-refractivity contribution in [3.8, 4) is 0 Å². The van der Waals surface area contributed by atoms with Crippen molar-refractivity contribution in [2.24, 2.45) is 0 Å². The van der Waals surface area contributed by atoms with E-state index in [9.17, 15) is 14.4 Å². The lowest BCUT2D eigenvalue weighted by Gasteiger charge is -2.08. The summed E-state index contributed by atoms with van der Waals surface area (Å²) in [7, 11) is 0. The largest absolute Gasteiger partial charge is 0.329 e. The molecule has 0 bridgehead atoms. The Labute approximate surface area is 166 Å². The van der Waals surface area contributed by atoms with E-state index in [2.05, 4.69) is 10.9 Å². The van der Waals surface area contributed by atoms with Gasteiger partial charge in [0.1, 0.15) is 0 Å². The zero-order valence-corrected chi connectivity index (χ0v) is 16.2. The minimum Gasteiger partial charge on any atom is -0.292 e. The summed E-state index contributed by atoms with van der Waals surface area (Å²) >= 11 is 5.85. The second kappa shape index (κ2) is 8.75. The number of carbonyl (C=O) groups is 2. The minimum absolute atomic E-state index is 0.0515. The molecule has 7 nitrogen and oxygen atoms in total. The average Bonchev–Trinajstić information content (AvgIpc) is 2.96. The van der Waals surface area contributed by atoms with Crippen molar-refractivity contribution in [2.45, 2.75) is 32.9 Å². The van der Waals surface area contributed by atoms with Crippen LogP contribution >= 0.6 is 11.6 Å². The molecule has 0 unspecified atom stereocenters. The van der Waals surface area contributed by atoms with E-state index in [0.717, 1.165) is 17.5 Å². The Hall–Kier alpha value is -3.06. The highest BCUT2D eigenvalue weighted by molar-refractivity contribution is 6.30. The number of carbonyl (C=O) groups excluding carboxylic acids is 2. The monoisotopic (exact) mass is 400 g/mol. The summed E-state index contributed by atoms with van der Waals surface area (Å²) in [6.07, 6.45) is 0.889. The molecule has 0 atom stereocenters. The van der Waals surface area contributed by atoms with E-state index in [1.54, 1.807) is 27.3 Å². The molecule has 0 aliphatic carbocycles. The molecule has 0 saturated heterocycles. The maximum absolute atomic E-state index is 12.7. The van der Waals surface area contributed by atoms with Crippen LogP contribution in [0.25, 0.3) is 11.0 Å². The molecule has 8 heteroatoms. The van der Waals surface area contributed by atoms with Crippen LogP contribution in [0.2, 0.25) is 5.02 Å². The first-order chi connectivity index (χ1) is 13.5. The number of hydrazine groups is 1. The summed E-state index contributed by atoms with van der Waals surface area (Å²) in [6.45, 7) is 2.85. The van der Waals surface area contributed by atoms with E-state index in [1.165, 1.54) is 6.07 Å². The second-order valence-corrected chi connectivity index (χ2v) is 6.77. The third kappa shape index (κ3) is 4.26. The third-order valence-electron chi connectivity index (χ3n) is 4.34. The van der Waals surface area contributed by atoms with Gasteiger partial charge < -0.3 is 0 Å². The Morgan fingerprint density at radius 3 is 2.29 bits per heavy atom. The Bertz CT molecular complexity index is 1070. The van der Waals surface area contributed by atoms with Gasteiger partial charge in [0.25, 0.3) is 5.91 Å². The summed E-state index contributed by atoms with van der Waals surface area (Å²) in [5.41, 5.74) is 6.56. The molecule has 1 aromatic heterocycles. The fraction of sp³-hybridized carbons (Fsp3) is 0.250. The van der Waals surface area contributed by atoms with Crippen molar-refractivity contribution in [1.29, 1.82) is 0 Å². The third-order valence-corrected chi connectivity index (χ3v) is 4.57. The number of imidazole rings is 1. The lowest BCUT2D eigenvalue weighted by atomic mass is 10.2. The topological polar surface area (TPSA) is 85.1 Å². The normalized spacial score (nSPS) is 10.8. The lowest BCUT2D eigenvalue weighted by molar-refractivity contribution is -0.122. The highest BCUT2D eigenvalue weighted by atomic mass is 35.5. The molecule has 2 N–H and O–H groups in total. The Morgan fingerprint density at radius 1 is 0.964 bits per heavy atom. The zero-order chi connectivity index (χ0) is 20.1. The van der Waals surface area contributed by atoms with Gasteiger partial charge in [0.05, 0.1) is 11.0 Å². The van der Waals surface area contributed by atoms with Crippen LogP contribution in [0.4, 0.5) is 0 Å². The molecule has 146 valence electrons. The molecule has 0 aliphatic rings. The van der Waals surface area contributed by atoms with Gasteiger partial charge in [0.15, 0.2) is 0 Å². The van der Waals surface area contributed by atoms with Crippen LogP contribution in [0.1, 0.15) is 30.1 Å². The molecular formula is C20H21ClN4O3. The molecular weight excluding hydrogens is 380 g/mol. The number of nitrogens with zero attached hydrogens (tertiary/aromatic N) is 2. The predicted octanol–water partition coefficient (Wildman–Crippen LogP) is 2.72. The number of hydrogen-bond donors (Lipinski definition) is 2. The van der Waals surface area contributed by atoms with Gasteiger partial charge in [-0.3, -0.25) is 29.6 Å². The number of para-hydroxylation sites is 2. The van der Waals surface area contributed by atoms with Gasteiger partial charge >= 0.3 is 5.69 Å². The van der Waals surface area contributed by atoms with Gasteiger partial charge in [-0.05, 0) is 36.8 Å². The van der Waals surface area contributed by atoms with E-state index in [4.69, 9.17) is 11.6 Å². The quantitative estimate of drug-likeness (QED) is 0.624. The van der Waals surface area contributed by atoms with Crippen molar-refractivity contribution in [2.75, 3.05) is 0 Å². The van der Waals surface area contributed by atoms with Crippen LogP contribution in [0.3, 0.4) is 0 Å². The smallest absolute Gasteiger partial charge is 0.292 e. The Balaban J connectivity index is 1.64. The number of aryl methyl sites for hydroxylation is 2.